The standard InChI is InChI=1S/C17H21N3O2S2/c1-5-9-23-17-20-19-16(24-17)18-15(21)13(6-2)22-14-10-11(3)7-8-12(14)4/h5,7-8,10,13H,1,6,9H2,2-4H3,(H,18,19,21)/t13-/m0/s1. The third-order valence-corrected chi connectivity index (χ3v) is 5.21. The largest absolute Gasteiger partial charge is 0.480 e. The van der Waals surface area contributed by atoms with Crippen molar-refractivity contribution in [2.24, 2.45) is 0 Å². The van der Waals surface area contributed by atoms with Gasteiger partial charge in [0.2, 0.25) is 5.13 Å². The Morgan fingerprint density at radius 1 is 1.46 bits per heavy atom. The molecule has 0 fully saturated rings. The number of anilines is 1. The Bertz CT molecular complexity index is 716. The predicted molar refractivity (Wildman–Crippen MR) is 100 cm³/mol. The fraction of sp³-hybridized carbons (Fsp3) is 0.353. The van der Waals surface area contributed by atoms with Gasteiger partial charge in [0, 0.05) is 5.75 Å². The molecule has 0 aliphatic rings. The second kappa shape index (κ2) is 8.84. The van der Waals surface area contributed by atoms with E-state index in [9.17, 15) is 4.79 Å². The molecule has 1 N–H and O–H groups in total. The minimum Gasteiger partial charge on any atom is -0.480 e. The molecule has 0 unspecified atom stereocenters. The number of benzene rings is 1. The molecule has 0 spiro atoms. The maximum Gasteiger partial charge on any atom is 0.267 e. The fourth-order valence-corrected chi connectivity index (χ4v) is 3.46. The molecule has 0 radical (unpaired) electrons. The summed E-state index contributed by atoms with van der Waals surface area (Å²) in [5.74, 6) is 1.28. The van der Waals surface area contributed by atoms with E-state index in [1.165, 1.54) is 23.1 Å². The summed E-state index contributed by atoms with van der Waals surface area (Å²) in [6, 6.07) is 5.95. The quantitative estimate of drug-likeness (QED) is 0.432. The van der Waals surface area contributed by atoms with E-state index in [-0.39, 0.29) is 5.91 Å². The summed E-state index contributed by atoms with van der Waals surface area (Å²) in [5, 5.41) is 11.3. The van der Waals surface area contributed by atoms with Crippen LogP contribution in [0.2, 0.25) is 0 Å². The topological polar surface area (TPSA) is 64.1 Å². The predicted octanol–water partition coefficient (Wildman–Crippen LogP) is 4.23. The van der Waals surface area contributed by atoms with Crippen molar-refractivity contribution in [3.63, 3.8) is 0 Å². The molecule has 1 amide bonds. The van der Waals surface area contributed by atoms with E-state index in [0.717, 1.165) is 27.0 Å². The van der Waals surface area contributed by atoms with Gasteiger partial charge in [-0.1, -0.05) is 48.2 Å². The van der Waals surface area contributed by atoms with Crippen molar-refractivity contribution in [3.8, 4) is 5.75 Å². The lowest BCUT2D eigenvalue weighted by Gasteiger charge is -2.18. The zero-order valence-corrected chi connectivity index (χ0v) is 15.7. The second-order valence-electron chi connectivity index (χ2n) is 5.25. The SMILES string of the molecule is C=CCSc1nnc(NC(=O)[C@H](CC)Oc2cc(C)ccc2C)s1. The van der Waals surface area contributed by atoms with Gasteiger partial charge in [0.15, 0.2) is 10.4 Å². The molecule has 1 aromatic heterocycles. The summed E-state index contributed by atoms with van der Waals surface area (Å²) < 4.78 is 6.71. The van der Waals surface area contributed by atoms with Gasteiger partial charge in [-0.25, -0.2) is 0 Å². The van der Waals surface area contributed by atoms with E-state index >= 15 is 0 Å². The highest BCUT2D eigenvalue weighted by molar-refractivity contribution is 8.01. The number of aromatic nitrogens is 2. The monoisotopic (exact) mass is 363 g/mol. The molecule has 1 heterocycles. The molecule has 0 saturated carbocycles. The molecule has 24 heavy (non-hydrogen) atoms. The minimum atomic E-state index is -0.571. The van der Waals surface area contributed by atoms with Crippen molar-refractivity contribution in [1.82, 2.24) is 10.2 Å². The summed E-state index contributed by atoms with van der Waals surface area (Å²) in [4.78, 5) is 12.4. The van der Waals surface area contributed by atoms with E-state index in [4.69, 9.17) is 4.74 Å². The Kier molecular flexibility index (Phi) is 6.81. The Morgan fingerprint density at radius 3 is 2.96 bits per heavy atom. The molecule has 2 rings (SSSR count). The number of thioether (sulfide) groups is 1. The van der Waals surface area contributed by atoms with Crippen LogP contribution in [0, 0.1) is 13.8 Å². The van der Waals surface area contributed by atoms with Gasteiger partial charge in [0.1, 0.15) is 5.75 Å². The average Bonchev–Trinajstić information content (AvgIpc) is 3.00. The van der Waals surface area contributed by atoms with Gasteiger partial charge in [0.05, 0.1) is 0 Å². The lowest BCUT2D eigenvalue weighted by molar-refractivity contribution is -0.122. The van der Waals surface area contributed by atoms with E-state index in [2.05, 4.69) is 22.1 Å². The van der Waals surface area contributed by atoms with Crippen LogP contribution in [0.3, 0.4) is 0 Å². The number of nitrogens with zero attached hydrogens (tertiary/aromatic N) is 2. The van der Waals surface area contributed by atoms with Crippen molar-refractivity contribution in [2.45, 2.75) is 37.6 Å². The number of ether oxygens (including phenoxy) is 1. The first-order valence-electron chi connectivity index (χ1n) is 7.65. The maximum atomic E-state index is 12.4. The number of hydrogen-bond acceptors (Lipinski definition) is 6. The summed E-state index contributed by atoms with van der Waals surface area (Å²) in [5.41, 5.74) is 2.10. The maximum absolute atomic E-state index is 12.4. The van der Waals surface area contributed by atoms with Crippen LogP contribution < -0.4 is 10.1 Å². The Labute approximate surface area is 150 Å². The molecule has 1 atom stereocenters. The Hall–Kier alpha value is -1.86. The summed E-state index contributed by atoms with van der Waals surface area (Å²) in [6.07, 6.45) is 1.80. The minimum absolute atomic E-state index is 0.213. The van der Waals surface area contributed by atoms with Gasteiger partial charge in [0.25, 0.3) is 5.91 Å². The number of carbonyl (C=O) groups excluding carboxylic acids is 1. The smallest absolute Gasteiger partial charge is 0.267 e. The third-order valence-electron chi connectivity index (χ3n) is 3.24. The van der Waals surface area contributed by atoms with Crippen molar-refractivity contribution < 1.29 is 9.53 Å². The Morgan fingerprint density at radius 2 is 2.25 bits per heavy atom. The van der Waals surface area contributed by atoms with Crippen LogP contribution in [0.25, 0.3) is 0 Å². The second-order valence-corrected chi connectivity index (χ2v) is 7.49. The van der Waals surface area contributed by atoms with Gasteiger partial charge in [-0.3, -0.25) is 10.1 Å². The molecular formula is C17H21N3O2S2. The van der Waals surface area contributed by atoms with Crippen molar-refractivity contribution >= 4 is 34.1 Å². The lowest BCUT2D eigenvalue weighted by Crippen LogP contribution is -2.32. The van der Waals surface area contributed by atoms with Crippen LogP contribution in [0.15, 0.2) is 35.2 Å². The van der Waals surface area contributed by atoms with E-state index in [1.54, 1.807) is 6.08 Å². The highest BCUT2D eigenvalue weighted by atomic mass is 32.2. The number of rotatable bonds is 8. The molecule has 7 heteroatoms. The average molecular weight is 364 g/mol. The van der Waals surface area contributed by atoms with Gasteiger partial charge < -0.3 is 4.74 Å². The lowest BCUT2D eigenvalue weighted by atomic mass is 10.1. The molecule has 0 bridgehead atoms. The van der Waals surface area contributed by atoms with Crippen molar-refractivity contribution in [2.75, 3.05) is 11.1 Å². The van der Waals surface area contributed by atoms with Gasteiger partial charge >= 0.3 is 0 Å². The molecule has 0 saturated heterocycles. The van der Waals surface area contributed by atoms with E-state index < -0.39 is 6.10 Å². The van der Waals surface area contributed by atoms with Crippen LogP contribution >= 0.6 is 23.1 Å². The normalized spacial score (nSPS) is 11.8. The van der Waals surface area contributed by atoms with Crippen LogP contribution in [0.4, 0.5) is 5.13 Å². The first-order valence-corrected chi connectivity index (χ1v) is 9.45. The zero-order chi connectivity index (χ0) is 17.5. The summed E-state index contributed by atoms with van der Waals surface area (Å²) in [7, 11) is 0. The fourth-order valence-electron chi connectivity index (χ4n) is 1.94. The highest BCUT2D eigenvalue weighted by Crippen LogP contribution is 2.26. The molecule has 0 aliphatic heterocycles. The molecule has 1 aromatic carbocycles. The van der Waals surface area contributed by atoms with E-state index in [0.29, 0.717) is 11.6 Å². The van der Waals surface area contributed by atoms with Gasteiger partial charge in [-0.15, -0.1) is 16.8 Å². The van der Waals surface area contributed by atoms with E-state index in [1.807, 2.05) is 39.0 Å². The first-order chi connectivity index (χ1) is 11.5. The summed E-state index contributed by atoms with van der Waals surface area (Å²) >= 11 is 2.88. The van der Waals surface area contributed by atoms with Gasteiger partial charge in [-0.2, -0.15) is 0 Å². The molecule has 0 aliphatic carbocycles. The number of nitrogens with one attached hydrogen (secondary N) is 1. The van der Waals surface area contributed by atoms with Crippen molar-refractivity contribution in [3.05, 3.63) is 42.0 Å². The van der Waals surface area contributed by atoms with Crippen LogP contribution in [-0.2, 0) is 4.79 Å². The van der Waals surface area contributed by atoms with Crippen LogP contribution in [0.1, 0.15) is 24.5 Å². The molecule has 2 aromatic rings. The number of amides is 1. The molecule has 5 nitrogen and oxygen atoms in total. The first kappa shape index (κ1) is 18.5. The zero-order valence-electron chi connectivity index (χ0n) is 14.0. The number of carbonyl (C=O) groups is 1. The number of aryl methyl sites for hydroxylation is 2. The van der Waals surface area contributed by atoms with Gasteiger partial charge in [-0.05, 0) is 37.5 Å². The summed E-state index contributed by atoms with van der Waals surface area (Å²) in [6.45, 7) is 9.55. The molecule has 128 valence electrons. The highest BCUT2D eigenvalue weighted by Gasteiger charge is 2.21. The number of hydrogen-bond donors (Lipinski definition) is 1. The third kappa shape index (κ3) is 5.07. The van der Waals surface area contributed by atoms with Crippen LogP contribution in [0.5, 0.6) is 5.75 Å². The van der Waals surface area contributed by atoms with Crippen LogP contribution in [-0.4, -0.2) is 28.0 Å². The Balaban J connectivity index is 2.01. The van der Waals surface area contributed by atoms with Crippen molar-refractivity contribution in [1.29, 1.82) is 0 Å². The molecular weight excluding hydrogens is 342 g/mol.